The molecule has 54 valence electrons. The van der Waals surface area contributed by atoms with Crippen LogP contribution in [0.15, 0.2) is 23.1 Å². The minimum atomic E-state index is 0.797. The number of benzene rings is 1. The molecule has 0 atom stereocenters. The SMILES string of the molecule is Cc1ccc(N)c(SS)c1. The van der Waals surface area contributed by atoms with Gasteiger partial charge < -0.3 is 5.73 Å². The highest BCUT2D eigenvalue weighted by atomic mass is 33.1. The lowest BCUT2D eigenvalue weighted by Gasteiger charge is -2.00. The van der Waals surface area contributed by atoms with E-state index in [1.807, 2.05) is 25.1 Å². The number of nitrogen functional groups attached to an aromatic ring is 1. The summed E-state index contributed by atoms with van der Waals surface area (Å²) in [7, 11) is 1.38. The highest BCUT2D eigenvalue weighted by Crippen LogP contribution is 2.27. The quantitative estimate of drug-likeness (QED) is 0.386. The van der Waals surface area contributed by atoms with Crippen molar-refractivity contribution in [3.05, 3.63) is 23.8 Å². The van der Waals surface area contributed by atoms with Crippen LogP contribution in [0.4, 0.5) is 5.69 Å². The van der Waals surface area contributed by atoms with Gasteiger partial charge in [0.1, 0.15) is 0 Å². The van der Waals surface area contributed by atoms with Gasteiger partial charge >= 0.3 is 0 Å². The first-order valence-electron chi connectivity index (χ1n) is 2.91. The van der Waals surface area contributed by atoms with Crippen LogP contribution in [0.25, 0.3) is 0 Å². The molecule has 0 amide bonds. The van der Waals surface area contributed by atoms with E-state index < -0.39 is 0 Å². The number of aryl methyl sites for hydroxylation is 1. The first kappa shape index (κ1) is 7.82. The molecule has 0 saturated heterocycles. The monoisotopic (exact) mass is 171 g/mol. The number of hydrogen-bond acceptors (Lipinski definition) is 3. The summed E-state index contributed by atoms with van der Waals surface area (Å²) < 4.78 is 0. The summed E-state index contributed by atoms with van der Waals surface area (Å²) >= 11 is 4.06. The average Bonchev–Trinajstić information content (AvgIpc) is 1.94. The molecule has 3 heteroatoms. The van der Waals surface area contributed by atoms with Crippen LogP contribution >= 0.6 is 22.5 Å². The Balaban J connectivity index is 3.09. The van der Waals surface area contributed by atoms with Crippen molar-refractivity contribution in [2.45, 2.75) is 11.8 Å². The third-order valence-corrected chi connectivity index (χ3v) is 2.41. The summed E-state index contributed by atoms with van der Waals surface area (Å²) in [5.74, 6) is 0. The number of rotatable bonds is 1. The van der Waals surface area contributed by atoms with Crippen LogP contribution < -0.4 is 5.73 Å². The Morgan fingerprint density at radius 3 is 2.70 bits per heavy atom. The molecule has 0 radical (unpaired) electrons. The van der Waals surface area contributed by atoms with E-state index in [0.717, 1.165) is 10.6 Å². The molecule has 0 aliphatic rings. The van der Waals surface area contributed by atoms with Crippen molar-refractivity contribution < 1.29 is 0 Å². The fraction of sp³-hybridized carbons (Fsp3) is 0.143. The highest BCUT2D eigenvalue weighted by Gasteiger charge is 1.95. The molecule has 1 aromatic carbocycles. The van der Waals surface area contributed by atoms with E-state index in [0.29, 0.717) is 0 Å². The lowest BCUT2D eigenvalue weighted by atomic mass is 10.2. The molecule has 0 heterocycles. The fourth-order valence-corrected chi connectivity index (χ4v) is 1.61. The number of anilines is 1. The second-order valence-electron chi connectivity index (χ2n) is 2.13. The van der Waals surface area contributed by atoms with Crippen molar-refractivity contribution in [3.63, 3.8) is 0 Å². The zero-order valence-corrected chi connectivity index (χ0v) is 7.38. The largest absolute Gasteiger partial charge is 0.398 e. The summed E-state index contributed by atoms with van der Waals surface area (Å²) in [6.45, 7) is 2.03. The Hall–Kier alpha value is -0.280. The van der Waals surface area contributed by atoms with Gasteiger partial charge in [0.2, 0.25) is 0 Å². The lowest BCUT2D eigenvalue weighted by molar-refractivity contribution is 1.37. The summed E-state index contributed by atoms with van der Waals surface area (Å²) in [6.07, 6.45) is 0. The first-order chi connectivity index (χ1) is 4.74. The predicted octanol–water partition coefficient (Wildman–Crippen LogP) is 2.51. The smallest absolute Gasteiger partial charge is 0.0461 e. The molecule has 10 heavy (non-hydrogen) atoms. The Morgan fingerprint density at radius 2 is 2.20 bits per heavy atom. The standard InChI is InChI=1S/C7H9NS2/c1-5-2-3-6(8)7(4-5)10-9/h2-4,9H,8H2,1H3. The first-order valence-corrected chi connectivity index (χ1v) is 4.78. The van der Waals surface area contributed by atoms with Crippen molar-refractivity contribution in [3.8, 4) is 0 Å². The molecule has 1 aromatic rings. The van der Waals surface area contributed by atoms with E-state index in [1.54, 1.807) is 0 Å². The lowest BCUT2D eigenvalue weighted by Crippen LogP contribution is -1.86. The van der Waals surface area contributed by atoms with Gasteiger partial charge in [0.25, 0.3) is 0 Å². The van der Waals surface area contributed by atoms with Gasteiger partial charge in [-0.1, -0.05) is 16.9 Å². The van der Waals surface area contributed by atoms with Gasteiger partial charge in [-0.3, -0.25) is 0 Å². The molecule has 0 aliphatic heterocycles. The van der Waals surface area contributed by atoms with Gasteiger partial charge in [0.15, 0.2) is 0 Å². The van der Waals surface area contributed by atoms with Crippen LogP contribution in [0.1, 0.15) is 5.56 Å². The Morgan fingerprint density at radius 1 is 1.50 bits per heavy atom. The van der Waals surface area contributed by atoms with Gasteiger partial charge in [0, 0.05) is 10.6 Å². The Bertz CT molecular complexity index is 235. The topological polar surface area (TPSA) is 26.0 Å². The molecular weight excluding hydrogens is 162 g/mol. The molecular formula is C7H9NS2. The zero-order valence-electron chi connectivity index (χ0n) is 5.66. The molecule has 2 N–H and O–H groups in total. The fourth-order valence-electron chi connectivity index (χ4n) is 0.721. The van der Waals surface area contributed by atoms with Gasteiger partial charge in [0.05, 0.1) is 0 Å². The molecule has 0 aromatic heterocycles. The maximum Gasteiger partial charge on any atom is 0.0461 e. The highest BCUT2D eigenvalue weighted by molar-refractivity contribution is 8.68. The molecule has 0 saturated carbocycles. The molecule has 0 aliphatic carbocycles. The number of nitrogens with two attached hydrogens (primary N) is 1. The molecule has 1 rings (SSSR count). The normalized spacial score (nSPS) is 9.80. The molecule has 0 spiro atoms. The van der Waals surface area contributed by atoms with Crippen LogP contribution in [-0.2, 0) is 0 Å². The van der Waals surface area contributed by atoms with E-state index in [4.69, 9.17) is 5.73 Å². The van der Waals surface area contributed by atoms with Crippen LogP contribution in [0.5, 0.6) is 0 Å². The minimum Gasteiger partial charge on any atom is -0.398 e. The van der Waals surface area contributed by atoms with E-state index in [9.17, 15) is 0 Å². The van der Waals surface area contributed by atoms with E-state index >= 15 is 0 Å². The van der Waals surface area contributed by atoms with Crippen LogP contribution in [-0.4, -0.2) is 0 Å². The van der Waals surface area contributed by atoms with Crippen LogP contribution in [0.2, 0.25) is 0 Å². The molecule has 0 fully saturated rings. The van der Waals surface area contributed by atoms with Crippen molar-refractivity contribution in [2.24, 2.45) is 0 Å². The van der Waals surface area contributed by atoms with Crippen molar-refractivity contribution in [2.75, 3.05) is 5.73 Å². The van der Waals surface area contributed by atoms with Gasteiger partial charge in [-0.2, -0.15) is 0 Å². The molecule has 0 bridgehead atoms. The van der Waals surface area contributed by atoms with Crippen LogP contribution in [0, 0.1) is 6.92 Å². The third-order valence-electron chi connectivity index (χ3n) is 1.27. The zero-order chi connectivity index (χ0) is 7.56. The van der Waals surface area contributed by atoms with Crippen molar-refractivity contribution >= 4 is 28.1 Å². The van der Waals surface area contributed by atoms with E-state index in [1.165, 1.54) is 16.4 Å². The van der Waals surface area contributed by atoms with E-state index in [-0.39, 0.29) is 0 Å². The summed E-state index contributed by atoms with van der Waals surface area (Å²) in [6, 6.07) is 5.91. The molecule has 0 unspecified atom stereocenters. The summed E-state index contributed by atoms with van der Waals surface area (Å²) in [5.41, 5.74) is 7.64. The minimum absolute atomic E-state index is 0.797. The maximum absolute atomic E-state index is 5.63. The summed E-state index contributed by atoms with van der Waals surface area (Å²) in [4.78, 5) is 1.03. The number of hydrogen-bond donors (Lipinski definition) is 2. The molecule has 1 nitrogen and oxygen atoms in total. The second kappa shape index (κ2) is 3.21. The predicted molar refractivity (Wildman–Crippen MR) is 50.4 cm³/mol. The van der Waals surface area contributed by atoms with Crippen LogP contribution in [0.3, 0.4) is 0 Å². The Kier molecular flexibility index (Phi) is 2.51. The van der Waals surface area contributed by atoms with E-state index in [2.05, 4.69) is 11.7 Å². The second-order valence-corrected chi connectivity index (χ2v) is 3.30. The van der Waals surface area contributed by atoms with Crippen molar-refractivity contribution in [1.29, 1.82) is 0 Å². The van der Waals surface area contributed by atoms with Gasteiger partial charge in [-0.05, 0) is 24.6 Å². The maximum atomic E-state index is 5.63. The Labute approximate surface area is 69.8 Å². The average molecular weight is 171 g/mol. The van der Waals surface area contributed by atoms with Crippen molar-refractivity contribution in [1.82, 2.24) is 0 Å². The third kappa shape index (κ3) is 1.61. The van der Waals surface area contributed by atoms with Gasteiger partial charge in [-0.25, -0.2) is 0 Å². The summed E-state index contributed by atoms with van der Waals surface area (Å²) in [5, 5.41) is 0. The van der Waals surface area contributed by atoms with Gasteiger partial charge in [-0.15, -0.1) is 11.7 Å². The number of thiol groups is 1.